The number of aliphatic hydroxyl groups is 2. The van der Waals surface area contributed by atoms with E-state index in [1.807, 2.05) is 34.6 Å². The number of thioether (sulfide) groups is 1. The Labute approximate surface area is 157 Å². The number of ether oxygens (including phenoxy) is 1. The first-order chi connectivity index (χ1) is 11.6. The van der Waals surface area contributed by atoms with Crippen LogP contribution in [0.25, 0.3) is 0 Å². The smallest absolute Gasteiger partial charge is 0.407 e. The fourth-order valence-electron chi connectivity index (χ4n) is 3.36. The minimum atomic E-state index is -0.799. The second-order valence-electron chi connectivity index (χ2n) is 8.39. The number of nitrogens with one attached hydrogen (secondary N) is 1. The van der Waals surface area contributed by atoms with Gasteiger partial charge in [-0.15, -0.1) is 0 Å². The molecular weight excluding hydrogens is 338 g/mol. The molecule has 5 nitrogen and oxygen atoms in total. The van der Waals surface area contributed by atoms with Gasteiger partial charge in [0.15, 0.2) is 0 Å². The zero-order valence-electron chi connectivity index (χ0n) is 16.5. The molecule has 0 spiro atoms. The van der Waals surface area contributed by atoms with Crippen LogP contribution in [0.1, 0.15) is 73.1 Å². The van der Waals surface area contributed by atoms with Gasteiger partial charge in [-0.1, -0.05) is 46.0 Å². The van der Waals surface area contributed by atoms with Crippen LogP contribution in [0.15, 0.2) is 0 Å². The third kappa shape index (κ3) is 9.15. The Morgan fingerprint density at radius 3 is 2.32 bits per heavy atom. The van der Waals surface area contributed by atoms with Crippen molar-refractivity contribution in [3.63, 3.8) is 0 Å². The molecule has 0 aromatic carbocycles. The molecule has 0 heterocycles. The van der Waals surface area contributed by atoms with Crippen molar-refractivity contribution in [2.24, 2.45) is 5.92 Å². The molecule has 1 fully saturated rings. The number of carbonyl (C=O) groups excluding carboxylic acids is 1. The maximum Gasteiger partial charge on any atom is 0.407 e. The summed E-state index contributed by atoms with van der Waals surface area (Å²) in [5.41, 5.74) is -0.576. The Morgan fingerprint density at radius 2 is 1.84 bits per heavy atom. The first-order valence-electron chi connectivity index (χ1n) is 9.56. The zero-order chi connectivity index (χ0) is 19.0. The van der Waals surface area contributed by atoms with E-state index in [-0.39, 0.29) is 11.9 Å². The lowest BCUT2D eigenvalue weighted by Gasteiger charge is -2.34. The monoisotopic (exact) mass is 375 g/mol. The molecule has 3 unspecified atom stereocenters. The molecule has 1 saturated carbocycles. The van der Waals surface area contributed by atoms with Crippen LogP contribution < -0.4 is 5.32 Å². The molecule has 0 bridgehead atoms. The lowest BCUT2D eigenvalue weighted by Crippen LogP contribution is -2.51. The van der Waals surface area contributed by atoms with Crippen LogP contribution in [0.4, 0.5) is 4.79 Å². The van der Waals surface area contributed by atoms with E-state index in [0.717, 1.165) is 19.3 Å². The molecule has 0 aliphatic heterocycles. The number of hydrogen-bond donors (Lipinski definition) is 3. The van der Waals surface area contributed by atoms with Gasteiger partial charge in [0.2, 0.25) is 0 Å². The quantitative estimate of drug-likeness (QED) is 0.603. The summed E-state index contributed by atoms with van der Waals surface area (Å²) in [6.07, 6.45) is 5.40. The summed E-state index contributed by atoms with van der Waals surface area (Å²) in [6.45, 7) is 9.44. The number of amides is 1. The molecule has 25 heavy (non-hydrogen) atoms. The minimum Gasteiger partial charge on any atom is -0.444 e. The van der Waals surface area contributed by atoms with Crippen molar-refractivity contribution in [3.05, 3.63) is 0 Å². The van der Waals surface area contributed by atoms with E-state index >= 15 is 0 Å². The second kappa shape index (κ2) is 10.6. The Morgan fingerprint density at radius 1 is 1.24 bits per heavy atom. The number of hydrogen-bond acceptors (Lipinski definition) is 5. The molecule has 148 valence electrons. The standard InChI is InChI=1S/C19H37NO4S/c1-13(2)25-16(12-21)17(22)15(11-14-9-7-6-8-10-14)20-18(23)24-19(3,4)5/h13-17,21-22H,6-12H2,1-5H3,(H,20,23). The van der Waals surface area contributed by atoms with Gasteiger partial charge in [-0.05, 0) is 38.4 Å². The van der Waals surface area contributed by atoms with Gasteiger partial charge in [0.25, 0.3) is 0 Å². The van der Waals surface area contributed by atoms with E-state index in [2.05, 4.69) is 5.32 Å². The Balaban J connectivity index is 2.78. The SMILES string of the molecule is CC(C)SC(CO)C(O)C(CC1CCCCC1)NC(=O)OC(C)(C)C. The average Bonchev–Trinajstić information content (AvgIpc) is 2.50. The topological polar surface area (TPSA) is 78.8 Å². The normalized spacial score (nSPS) is 20.2. The largest absolute Gasteiger partial charge is 0.444 e. The van der Waals surface area contributed by atoms with Crippen LogP contribution in [0.5, 0.6) is 0 Å². The van der Waals surface area contributed by atoms with Gasteiger partial charge in [0, 0.05) is 0 Å². The zero-order valence-corrected chi connectivity index (χ0v) is 17.3. The number of rotatable bonds is 8. The maximum absolute atomic E-state index is 12.2. The summed E-state index contributed by atoms with van der Waals surface area (Å²) in [6, 6.07) is -0.402. The molecule has 3 N–H and O–H groups in total. The van der Waals surface area contributed by atoms with Crippen molar-refractivity contribution in [1.82, 2.24) is 5.32 Å². The van der Waals surface area contributed by atoms with Crippen molar-refractivity contribution >= 4 is 17.9 Å². The highest BCUT2D eigenvalue weighted by atomic mass is 32.2. The number of alkyl carbamates (subject to hydrolysis) is 1. The molecule has 3 atom stereocenters. The Hall–Kier alpha value is -0.460. The van der Waals surface area contributed by atoms with Crippen LogP contribution in [-0.2, 0) is 4.74 Å². The summed E-state index contributed by atoms with van der Waals surface area (Å²) in [4.78, 5) is 12.2. The van der Waals surface area contributed by atoms with Gasteiger partial charge >= 0.3 is 6.09 Å². The number of carbonyl (C=O) groups is 1. The summed E-state index contributed by atoms with van der Waals surface area (Å²) in [7, 11) is 0. The molecule has 0 radical (unpaired) electrons. The van der Waals surface area contributed by atoms with E-state index < -0.39 is 23.8 Å². The van der Waals surface area contributed by atoms with Crippen LogP contribution in [0, 0.1) is 5.92 Å². The van der Waals surface area contributed by atoms with E-state index in [1.54, 1.807) is 11.8 Å². The van der Waals surface area contributed by atoms with Crippen LogP contribution in [-0.4, -0.2) is 51.2 Å². The van der Waals surface area contributed by atoms with E-state index in [9.17, 15) is 15.0 Å². The summed E-state index contributed by atoms with van der Waals surface area (Å²) in [5, 5.41) is 23.4. The van der Waals surface area contributed by atoms with Gasteiger partial charge in [0.1, 0.15) is 5.60 Å². The van der Waals surface area contributed by atoms with E-state index in [1.165, 1.54) is 19.3 Å². The molecule has 0 saturated heterocycles. The van der Waals surface area contributed by atoms with Crippen LogP contribution in [0.2, 0.25) is 0 Å². The highest BCUT2D eigenvalue weighted by molar-refractivity contribution is 8.00. The van der Waals surface area contributed by atoms with Crippen molar-refractivity contribution in [2.75, 3.05) is 6.61 Å². The van der Waals surface area contributed by atoms with Gasteiger partial charge < -0.3 is 20.3 Å². The van der Waals surface area contributed by atoms with Crippen molar-refractivity contribution in [1.29, 1.82) is 0 Å². The molecule has 1 aliphatic carbocycles. The predicted molar refractivity (Wildman–Crippen MR) is 104 cm³/mol. The van der Waals surface area contributed by atoms with Gasteiger partial charge in [-0.3, -0.25) is 0 Å². The summed E-state index contributed by atoms with van der Waals surface area (Å²) >= 11 is 1.55. The predicted octanol–water partition coefficient (Wildman–Crippen LogP) is 3.71. The number of aliphatic hydroxyl groups excluding tert-OH is 2. The average molecular weight is 376 g/mol. The van der Waals surface area contributed by atoms with Gasteiger partial charge in [-0.2, -0.15) is 11.8 Å². The molecule has 0 aromatic heterocycles. The highest BCUT2D eigenvalue weighted by Gasteiger charge is 2.33. The maximum atomic E-state index is 12.2. The van der Waals surface area contributed by atoms with Crippen molar-refractivity contribution in [3.8, 4) is 0 Å². The Bertz CT molecular complexity index is 391. The van der Waals surface area contributed by atoms with Gasteiger partial charge in [0.05, 0.1) is 24.0 Å². The fourth-order valence-corrected chi connectivity index (χ4v) is 4.50. The second-order valence-corrected chi connectivity index (χ2v) is 10.2. The molecular formula is C19H37NO4S. The molecule has 1 aliphatic rings. The fraction of sp³-hybridized carbons (Fsp3) is 0.947. The van der Waals surface area contributed by atoms with E-state index in [0.29, 0.717) is 11.2 Å². The minimum absolute atomic E-state index is 0.110. The van der Waals surface area contributed by atoms with E-state index in [4.69, 9.17) is 4.74 Å². The van der Waals surface area contributed by atoms with Crippen LogP contribution in [0.3, 0.4) is 0 Å². The lowest BCUT2D eigenvalue weighted by molar-refractivity contribution is 0.0365. The van der Waals surface area contributed by atoms with Crippen molar-refractivity contribution in [2.45, 2.75) is 101 Å². The highest BCUT2D eigenvalue weighted by Crippen LogP contribution is 2.30. The first-order valence-corrected chi connectivity index (χ1v) is 10.5. The molecule has 0 aromatic rings. The molecule has 1 amide bonds. The molecule has 1 rings (SSSR count). The van der Waals surface area contributed by atoms with Gasteiger partial charge in [-0.25, -0.2) is 4.79 Å². The Kier molecular flexibility index (Phi) is 9.60. The lowest BCUT2D eigenvalue weighted by atomic mass is 9.83. The van der Waals surface area contributed by atoms with Crippen LogP contribution >= 0.6 is 11.8 Å². The van der Waals surface area contributed by atoms with Crippen molar-refractivity contribution < 1.29 is 19.7 Å². The third-order valence-corrected chi connectivity index (χ3v) is 5.76. The first kappa shape index (κ1) is 22.6. The third-order valence-electron chi connectivity index (χ3n) is 4.43. The summed E-state index contributed by atoms with van der Waals surface area (Å²) in [5.74, 6) is 0.506. The summed E-state index contributed by atoms with van der Waals surface area (Å²) < 4.78 is 5.37. The molecule has 6 heteroatoms.